The molecule has 0 radical (unpaired) electrons. The molecule has 1 rings (SSSR count). The van der Waals surface area contributed by atoms with Gasteiger partial charge in [0.05, 0.1) is 0 Å². The van der Waals surface area contributed by atoms with Crippen molar-refractivity contribution in [3.05, 3.63) is 29.8 Å². The molecule has 0 saturated heterocycles. The molecule has 3 nitrogen and oxygen atoms in total. The van der Waals surface area contributed by atoms with E-state index in [4.69, 9.17) is 0 Å². The fraction of sp³-hybridized carbons (Fsp3) is 0.143. The average Bonchev–Trinajstić information content (AvgIpc) is 1.91. The molecule has 0 aliphatic carbocycles. The second-order valence-electron chi connectivity index (χ2n) is 2.30. The third kappa shape index (κ3) is 6.13. The Morgan fingerprint density at radius 1 is 1.38 bits per heavy atom. The topological polar surface area (TPSA) is 49.4 Å². The maximum absolute atomic E-state index is 10.5. The molecular weight excluding hydrogens is 235 g/mol. The van der Waals surface area contributed by atoms with Crippen LogP contribution in [0.25, 0.3) is 0 Å². The number of hydrogen-bond acceptors (Lipinski definition) is 4. The smallest absolute Gasteiger partial charge is 0.739 e. The van der Waals surface area contributed by atoms with Crippen LogP contribution in [0.5, 0.6) is 5.75 Å². The molecule has 0 fully saturated rings. The maximum atomic E-state index is 10.5. The van der Waals surface area contributed by atoms with Crippen LogP contribution in [0.1, 0.15) is 5.56 Å². The van der Waals surface area contributed by atoms with Crippen LogP contribution in [0.15, 0.2) is 24.3 Å². The first-order valence-electron chi connectivity index (χ1n) is 3.19. The van der Waals surface area contributed by atoms with Crippen molar-refractivity contribution in [2.24, 2.45) is 0 Å². The predicted molar refractivity (Wildman–Crippen MR) is 48.1 cm³/mol. The zero-order valence-electron chi connectivity index (χ0n) is 7.35. The van der Waals surface area contributed by atoms with Crippen molar-refractivity contribution in [1.82, 2.24) is 0 Å². The largest absolute Gasteiger partial charge is 1.00 e. The van der Waals surface area contributed by atoms with E-state index in [-0.39, 0.29) is 57.1 Å². The van der Waals surface area contributed by atoms with Crippen molar-refractivity contribution in [2.75, 3.05) is 0 Å². The Labute approximate surface area is 125 Å². The Morgan fingerprint density at radius 2 is 1.85 bits per heavy atom. The number of rotatable bonds is 2. The second-order valence-corrected chi connectivity index (χ2v) is 4.51. The fourth-order valence-corrected chi connectivity index (χ4v) is 1.29. The summed E-state index contributed by atoms with van der Waals surface area (Å²) in [5.41, 5.74) is 1.03. The third-order valence-corrected chi connectivity index (χ3v) is 1.82. The minimum Gasteiger partial charge on any atom is -0.739 e. The van der Waals surface area contributed by atoms with Gasteiger partial charge in [-0.05, 0) is 19.1 Å². The molecule has 1 aromatic carbocycles. The van der Waals surface area contributed by atoms with Crippen LogP contribution in [0.3, 0.4) is 0 Å². The van der Waals surface area contributed by atoms with Gasteiger partial charge in [-0.15, -0.1) is 0 Å². The summed E-state index contributed by atoms with van der Waals surface area (Å²) in [5.74, 6) is 0.246. The van der Waals surface area contributed by atoms with Crippen molar-refractivity contribution in [2.45, 2.75) is 6.92 Å². The van der Waals surface area contributed by atoms with Gasteiger partial charge < -0.3 is 8.74 Å². The van der Waals surface area contributed by atoms with Gasteiger partial charge in [-0.3, -0.25) is 0 Å². The summed E-state index contributed by atoms with van der Waals surface area (Å²) in [4.78, 5) is 0. The Morgan fingerprint density at radius 3 is 2.23 bits per heavy atom. The van der Waals surface area contributed by atoms with Crippen LogP contribution in [-0.4, -0.2) is 8.76 Å². The second kappa shape index (κ2) is 5.77. The van der Waals surface area contributed by atoms with Gasteiger partial charge in [0.15, 0.2) is 0 Å². The van der Waals surface area contributed by atoms with E-state index < -0.39 is 9.05 Å². The van der Waals surface area contributed by atoms with E-state index >= 15 is 0 Å². The van der Waals surface area contributed by atoms with Gasteiger partial charge in [-0.1, -0.05) is 17.7 Å². The molecule has 0 heterocycles. The van der Waals surface area contributed by atoms with Gasteiger partial charge in [0, 0.05) is 11.2 Å². The van der Waals surface area contributed by atoms with E-state index in [0.29, 0.717) is 0 Å². The Kier molecular flexibility index (Phi) is 6.20. The molecule has 1 unspecified atom stereocenters. The van der Waals surface area contributed by atoms with Crippen LogP contribution in [0, 0.1) is 6.92 Å². The number of benzene rings is 1. The first kappa shape index (κ1) is 14.0. The van der Waals surface area contributed by atoms with E-state index in [9.17, 15) is 8.76 Å². The van der Waals surface area contributed by atoms with Crippen molar-refractivity contribution >= 4 is 20.2 Å². The minimum atomic E-state index is -3.81. The van der Waals surface area contributed by atoms with Gasteiger partial charge in [-0.2, -0.15) is 0 Å². The summed E-state index contributed by atoms with van der Waals surface area (Å²) in [5, 5.41) is 0. The first-order chi connectivity index (χ1) is 5.47. The summed E-state index contributed by atoms with van der Waals surface area (Å²) >= 11 is 4.05. The number of hydrogen-bond donors (Lipinski definition) is 0. The van der Waals surface area contributed by atoms with E-state index in [2.05, 4.69) is 15.4 Å². The van der Waals surface area contributed by atoms with E-state index in [1.165, 1.54) is 0 Å². The molecule has 0 saturated carbocycles. The fourth-order valence-electron chi connectivity index (χ4n) is 0.712. The molecule has 0 amide bonds. The van der Waals surface area contributed by atoms with Crippen LogP contribution >= 0.6 is 0 Å². The van der Waals surface area contributed by atoms with Gasteiger partial charge in [0.2, 0.25) is 0 Å². The van der Waals surface area contributed by atoms with Crippen LogP contribution < -0.4 is 55.6 Å². The normalized spacial score (nSPS) is 14.0. The van der Waals surface area contributed by atoms with Gasteiger partial charge in [0.25, 0.3) is 0 Å². The maximum Gasteiger partial charge on any atom is 1.00 e. The third-order valence-electron chi connectivity index (χ3n) is 1.22. The molecule has 6 heteroatoms. The molecule has 0 N–H and O–H groups in total. The molecule has 0 aliphatic rings. The molecule has 0 aromatic heterocycles. The SMILES string of the molecule is Cc1ccc(OS(=O)([O-])=S)cc1.[K+]. The minimum absolute atomic E-state index is 0. The summed E-state index contributed by atoms with van der Waals surface area (Å²) in [6.07, 6.45) is 0. The van der Waals surface area contributed by atoms with E-state index in [1.54, 1.807) is 24.3 Å². The zero-order chi connectivity index (χ0) is 9.19. The Balaban J connectivity index is 0.00000144. The molecule has 13 heavy (non-hydrogen) atoms. The Hall–Kier alpha value is 0.986. The molecule has 0 spiro atoms. The quantitative estimate of drug-likeness (QED) is 0.573. The van der Waals surface area contributed by atoms with Crippen molar-refractivity contribution in [3.8, 4) is 5.75 Å². The molecule has 0 bridgehead atoms. The molecule has 0 aliphatic heterocycles. The average molecular weight is 242 g/mol. The Bertz CT molecular complexity index is 358. The molecular formula is C7H7KO3S2. The summed E-state index contributed by atoms with van der Waals surface area (Å²) in [7, 11) is -3.81. The van der Waals surface area contributed by atoms with Crippen LogP contribution in [-0.2, 0) is 20.2 Å². The van der Waals surface area contributed by atoms with Crippen LogP contribution in [0.2, 0.25) is 0 Å². The van der Waals surface area contributed by atoms with E-state index in [0.717, 1.165) is 5.56 Å². The van der Waals surface area contributed by atoms with Crippen molar-refractivity contribution in [1.29, 1.82) is 0 Å². The van der Waals surface area contributed by atoms with Gasteiger partial charge >= 0.3 is 51.4 Å². The van der Waals surface area contributed by atoms with Crippen molar-refractivity contribution < 1.29 is 64.3 Å². The molecule has 1 aromatic rings. The zero-order valence-corrected chi connectivity index (χ0v) is 12.1. The van der Waals surface area contributed by atoms with Gasteiger partial charge in [0.1, 0.15) is 14.8 Å². The van der Waals surface area contributed by atoms with E-state index in [1.807, 2.05) is 6.92 Å². The summed E-state index contributed by atoms with van der Waals surface area (Å²) in [6.45, 7) is 1.89. The molecule has 66 valence electrons. The van der Waals surface area contributed by atoms with Crippen LogP contribution in [0.4, 0.5) is 0 Å². The van der Waals surface area contributed by atoms with Gasteiger partial charge in [-0.25, -0.2) is 4.21 Å². The number of aryl methyl sites for hydroxylation is 1. The van der Waals surface area contributed by atoms with Crippen molar-refractivity contribution in [3.63, 3.8) is 0 Å². The first-order valence-corrected chi connectivity index (χ1v) is 5.53. The monoisotopic (exact) mass is 242 g/mol. The summed E-state index contributed by atoms with van der Waals surface area (Å²) < 4.78 is 25.4. The summed E-state index contributed by atoms with van der Waals surface area (Å²) in [6, 6.07) is 6.60. The predicted octanol–water partition coefficient (Wildman–Crippen LogP) is -1.83. The molecule has 1 atom stereocenters. The standard InChI is InChI=1S/C7H8O3S2.K/c1-6-2-4-7(5-3-6)10-12(8,9)11;/h2-5H,1H3,(H,8,9,11);/q;+1/p-1.